The summed E-state index contributed by atoms with van der Waals surface area (Å²) in [6.07, 6.45) is 3.32. The third-order valence-electron chi connectivity index (χ3n) is 5.22. The van der Waals surface area contributed by atoms with Crippen molar-refractivity contribution in [3.05, 3.63) is 106 Å². The summed E-state index contributed by atoms with van der Waals surface area (Å²) in [5.41, 5.74) is 4.44. The van der Waals surface area contributed by atoms with Crippen molar-refractivity contribution in [2.75, 3.05) is 7.11 Å². The van der Waals surface area contributed by atoms with Crippen LogP contribution < -0.4 is 9.47 Å². The normalized spacial score (nSPS) is 11.1. The molecule has 4 aromatic rings. The summed E-state index contributed by atoms with van der Waals surface area (Å²) in [6.45, 7) is 2.54. The van der Waals surface area contributed by atoms with E-state index in [-0.39, 0.29) is 0 Å². The number of aromatic nitrogens is 3. The predicted molar refractivity (Wildman–Crippen MR) is 133 cm³/mol. The van der Waals surface area contributed by atoms with Crippen molar-refractivity contribution >= 4 is 18.4 Å². The molecular formula is C26H26N4O2S. The number of rotatable bonds is 9. The van der Waals surface area contributed by atoms with Gasteiger partial charge < -0.3 is 9.47 Å². The van der Waals surface area contributed by atoms with E-state index >= 15 is 0 Å². The Kier molecular flexibility index (Phi) is 7.32. The molecule has 0 aliphatic rings. The third kappa shape index (κ3) is 5.96. The summed E-state index contributed by atoms with van der Waals surface area (Å²) in [5.74, 6) is 2.11. The van der Waals surface area contributed by atoms with Gasteiger partial charge in [0.15, 0.2) is 17.3 Å². The van der Waals surface area contributed by atoms with Crippen molar-refractivity contribution in [1.29, 1.82) is 0 Å². The number of nitrogens with zero attached hydrogens (tertiary/aromatic N) is 3. The van der Waals surface area contributed by atoms with Gasteiger partial charge in [-0.1, -0.05) is 60.2 Å². The Bertz CT molecular complexity index is 1280. The van der Waals surface area contributed by atoms with Crippen LogP contribution in [0.5, 0.6) is 11.5 Å². The van der Waals surface area contributed by atoms with Crippen LogP contribution in [0.2, 0.25) is 0 Å². The lowest BCUT2D eigenvalue weighted by molar-refractivity contribution is 0.284. The lowest BCUT2D eigenvalue weighted by Crippen LogP contribution is -2.02. The van der Waals surface area contributed by atoms with E-state index < -0.39 is 0 Å². The van der Waals surface area contributed by atoms with Crippen LogP contribution in [0, 0.1) is 11.7 Å². The van der Waals surface area contributed by atoms with Crippen LogP contribution in [0.25, 0.3) is 0 Å². The first-order chi connectivity index (χ1) is 16.1. The van der Waals surface area contributed by atoms with Crippen LogP contribution in [-0.2, 0) is 19.4 Å². The van der Waals surface area contributed by atoms with E-state index in [9.17, 15) is 0 Å². The molecule has 0 spiro atoms. The minimum atomic E-state index is 0.458. The maximum Gasteiger partial charge on any atom is 0.216 e. The molecule has 0 atom stereocenters. The van der Waals surface area contributed by atoms with Crippen molar-refractivity contribution in [2.24, 2.45) is 5.10 Å². The standard InChI is InChI=1S/C26H26N4O2S/c1-19-8-10-21(11-9-19)18-32-23-14-12-22(16-24(23)31-2)17-27-30-25(28-29-26(30)33)15-13-20-6-4-3-5-7-20/h3-12,14,16-17H,13,15,18H2,1-2H3,(H,29,33)/b27-17-. The molecule has 0 radical (unpaired) electrons. The molecule has 168 valence electrons. The van der Waals surface area contributed by atoms with Crippen LogP contribution in [0.15, 0.2) is 77.9 Å². The van der Waals surface area contributed by atoms with Gasteiger partial charge in [0.05, 0.1) is 13.3 Å². The zero-order valence-corrected chi connectivity index (χ0v) is 19.5. The number of aromatic amines is 1. The van der Waals surface area contributed by atoms with E-state index in [1.807, 2.05) is 36.4 Å². The average molecular weight is 459 g/mol. The fourth-order valence-electron chi connectivity index (χ4n) is 3.36. The van der Waals surface area contributed by atoms with Gasteiger partial charge in [-0.2, -0.15) is 14.9 Å². The topological polar surface area (TPSA) is 64.4 Å². The van der Waals surface area contributed by atoms with Crippen LogP contribution >= 0.6 is 12.2 Å². The molecular weight excluding hydrogens is 432 g/mol. The molecule has 3 aromatic carbocycles. The van der Waals surface area contributed by atoms with Crippen LogP contribution in [0.1, 0.15) is 28.1 Å². The average Bonchev–Trinajstić information content (AvgIpc) is 3.21. The van der Waals surface area contributed by atoms with E-state index in [0.29, 0.717) is 22.9 Å². The van der Waals surface area contributed by atoms with E-state index in [1.54, 1.807) is 18.0 Å². The van der Waals surface area contributed by atoms with E-state index in [4.69, 9.17) is 21.7 Å². The summed E-state index contributed by atoms with van der Waals surface area (Å²) in [6, 6.07) is 24.3. The summed E-state index contributed by atoms with van der Waals surface area (Å²) in [7, 11) is 1.63. The van der Waals surface area contributed by atoms with Gasteiger partial charge in [0.2, 0.25) is 4.77 Å². The fraction of sp³-hybridized carbons (Fsp3) is 0.192. The molecule has 0 aliphatic carbocycles. The Morgan fingerprint density at radius 2 is 1.76 bits per heavy atom. The maximum atomic E-state index is 5.97. The van der Waals surface area contributed by atoms with Crippen LogP contribution in [0.3, 0.4) is 0 Å². The van der Waals surface area contributed by atoms with Gasteiger partial charge >= 0.3 is 0 Å². The van der Waals surface area contributed by atoms with Gasteiger partial charge in [0.1, 0.15) is 6.61 Å². The Hall–Kier alpha value is -3.71. The quantitative estimate of drug-likeness (QED) is 0.266. The minimum absolute atomic E-state index is 0.458. The second-order valence-corrected chi connectivity index (χ2v) is 8.06. The lowest BCUT2D eigenvalue weighted by atomic mass is 10.1. The highest BCUT2D eigenvalue weighted by Gasteiger charge is 2.08. The van der Waals surface area contributed by atoms with Crippen molar-refractivity contribution in [3.63, 3.8) is 0 Å². The van der Waals surface area contributed by atoms with Crippen molar-refractivity contribution in [1.82, 2.24) is 14.9 Å². The second-order valence-electron chi connectivity index (χ2n) is 7.67. The monoisotopic (exact) mass is 458 g/mol. The third-order valence-corrected chi connectivity index (χ3v) is 5.49. The van der Waals surface area contributed by atoms with Gasteiger partial charge in [-0.25, -0.2) is 0 Å². The lowest BCUT2D eigenvalue weighted by Gasteiger charge is -2.11. The molecule has 0 amide bonds. The molecule has 0 fully saturated rings. The molecule has 0 bridgehead atoms. The number of methoxy groups -OCH3 is 1. The summed E-state index contributed by atoms with van der Waals surface area (Å²) in [5, 5.41) is 11.7. The highest BCUT2D eigenvalue weighted by molar-refractivity contribution is 7.71. The largest absolute Gasteiger partial charge is 0.493 e. The van der Waals surface area contributed by atoms with Gasteiger partial charge in [-0.05, 0) is 60.5 Å². The zero-order valence-electron chi connectivity index (χ0n) is 18.7. The first kappa shape index (κ1) is 22.5. The predicted octanol–water partition coefficient (Wildman–Crippen LogP) is 5.50. The molecule has 0 unspecified atom stereocenters. The van der Waals surface area contributed by atoms with Gasteiger partial charge in [0.25, 0.3) is 0 Å². The maximum absolute atomic E-state index is 5.97. The Labute approximate surface area is 198 Å². The second kappa shape index (κ2) is 10.7. The number of aryl methyl sites for hydroxylation is 3. The van der Waals surface area contributed by atoms with Gasteiger partial charge in [-0.15, -0.1) is 0 Å². The first-order valence-electron chi connectivity index (χ1n) is 10.7. The molecule has 6 nitrogen and oxygen atoms in total. The van der Waals surface area contributed by atoms with Crippen molar-refractivity contribution < 1.29 is 9.47 Å². The first-order valence-corrected chi connectivity index (χ1v) is 11.1. The molecule has 4 rings (SSSR count). The molecule has 0 aliphatic heterocycles. The molecule has 0 saturated heterocycles. The zero-order chi connectivity index (χ0) is 23.0. The van der Waals surface area contributed by atoms with Crippen LogP contribution in [-0.4, -0.2) is 28.2 Å². The molecule has 7 heteroatoms. The number of ether oxygens (including phenoxy) is 2. The molecule has 1 heterocycles. The van der Waals surface area contributed by atoms with Crippen molar-refractivity contribution in [2.45, 2.75) is 26.4 Å². The van der Waals surface area contributed by atoms with Gasteiger partial charge in [0, 0.05) is 6.42 Å². The van der Waals surface area contributed by atoms with Gasteiger partial charge in [-0.3, -0.25) is 5.10 Å². The number of hydrogen-bond acceptors (Lipinski definition) is 5. The van der Waals surface area contributed by atoms with E-state index in [0.717, 1.165) is 29.8 Å². The Morgan fingerprint density at radius 1 is 0.970 bits per heavy atom. The van der Waals surface area contributed by atoms with E-state index in [1.165, 1.54) is 11.1 Å². The Balaban J connectivity index is 1.45. The highest BCUT2D eigenvalue weighted by atomic mass is 32.1. The number of hydrogen-bond donors (Lipinski definition) is 1. The smallest absolute Gasteiger partial charge is 0.216 e. The van der Waals surface area contributed by atoms with E-state index in [2.05, 4.69) is 58.6 Å². The summed E-state index contributed by atoms with van der Waals surface area (Å²) in [4.78, 5) is 0. The molecule has 1 aromatic heterocycles. The summed E-state index contributed by atoms with van der Waals surface area (Å²) >= 11 is 5.36. The summed E-state index contributed by atoms with van der Waals surface area (Å²) < 4.78 is 13.6. The molecule has 33 heavy (non-hydrogen) atoms. The van der Waals surface area contributed by atoms with Crippen molar-refractivity contribution in [3.8, 4) is 11.5 Å². The number of benzene rings is 3. The Morgan fingerprint density at radius 3 is 2.52 bits per heavy atom. The van der Waals surface area contributed by atoms with Crippen LogP contribution in [0.4, 0.5) is 0 Å². The highest BCUT2D eigenvalue weighted by Crippen LogP contribution is 2.28. The number of nitrogens with one attached hydrogen (secondary N) is 1. The minimum Gasteiger partial charge on any atom is -0.493 e. The number of H-pyrrole nitrogens is 1. The SMILES string of the molecule is COc1cc(/C=N\n2c(CCc3ccccc3)n[nH]c2=S)ccc1OCc1ccc(C)cc1. The fourth-order valence-corrected chi connectivity index (χ4v) is 3.56. The molecule has 1 N–H and O–H groups in total. The molecule has 0 saturated carbocycles.